The topological polar surface area (TPSA) is 79.7 Å². The maximum Gasteiger partial charge on any atom is 0.222 e. The van der Waals surface area contributed by atoms with Crippen molar-refractivity contribution in [1.82, 2.24) is 5.16 Å². The van der Waals surface area contributed by atoms with Gasteiger partial charge in [0.2, 0.25) is 11.6 Å². The molecule has 0 saturated carbocycles. The van der Waals surface area contributed by atoms with Crippen molar-refractivity contribution < 1.29 is 18.7 Å². The average molecular weight is 264 g/mol. The van der Waals surface area contributed by atoms with E-state index in [1.165, 1.54) is 0 Å². The fourth-order valence-corrected chi connectivity index (χ4v) is 1.86. The Morgan fingerprint density at radius 3 is 2.11 bits per heavy atom. The summed E-state index contributed by atoms with van der Waals surface area (Å²) in [6.45, 7) is 0. The van der Waals surface area contributed by atoms with Crippen LogP contribution in [0.15, 0.2) is 22.7 Å². The quantitative estimate of drug-likeness (QED) is 0.888. The van der Waals surface area contributed by atoms with Crippen LogP contribution in [0.2, 0.25) is 0 Å². The first-order valence-electron chi connectivity index (χ1n) is 5.68. The molecule has 0 spiro atoms. The molecule has 0 aliphatic heterocycles. The van der Waals surface area contributed by atoms with Crippen LogP contribution in [-0.2, 0) is 6.42 Å². The molecule has 0 saturated heterocycles. The highest BCUT2D eigenvalue weighted by Crippen LogP contribution is 2.38. The van der Waals surface area contributed by atoms with Gasteiger partial charge in [0.15, 0.2) is 11.5 Å². The summed E-state index contributed by atoms with van der Waals surface area (Å²) in [6, 6.07) is 5.42. The largest absolute Gasteiger partial charge is 0.493 e. The number of methoxy groups -OCH3 is 3. The van der Waals surface area contributed by atoms with Crippen LogP contribution in [0.3, 0.4) is 0 Å². The Hall–Kier alpha value is -2.37. The van der Waals surface area contributed by atoms with Crippen molar-refractivity contribution in [2.45, 2.75) is 6.42 Å². The molecule has 1 aromatic carbocycles. The van der Waals surface area contributed by atoms with Gasteiger partial charge < -0.3 is 24.5 Å². The van der Waals surface area contributed by atoms with Gasteiger partial charge in [-0.05, 0) is 17.7 Å². The Morgan fingerprint density at radius 1 is 1.05 bits per heavy atom. The minimum absolute atomic E-state index is 0.294. The Bertz CT molecular complexity index is 541. The molecule has 6 heteroatoms. The summed E-state index contributed by atoms with van der Waals surface area (Å²) in [5, 5.41) is 3.85. The summed E-state index contributed by atoms with van der Waals surface area (Å²) < 4.78 is 20.7. The highest BCUT2D eigenvalue weighted by atomic mass is 16.5. The molecule has 19 heavy (non-hydrogen) atoms. The van der Waals surface area contributed by atoms with Crippen LogP contribution in [0.1, 0.15) is 11.3 Å². The number of benzene rings is 1. The first-order chi connectivity index (χ1) is 9.17. The smallest absolute Gasteiger partial charge is 0.222 e. The highest BCUT2D eigenvalue weighted by Gasteiger charge is 2.14. The van der Waals surface area contributed by atoms with E-state index in [0.29, 0.717) is 29.6 Å². The van der Waals surface area contributed by atoms with Crippen LogP contribution in [0.5, 0.6) is 17.2 Å². The molecule has 2 aromatic rings. The first kappa shape index (κ1) is 13.1. The molecule has 1 aromatic heterocycles. The van der Waals surface area contributed by atoms with Crippen molar-refractivity contribution in [3.05, 3.63) is 29.5 Å². The van der Waals surface area contributed by atoms with Gasteiger partial charge in [-0.1, -0.05) is 5.16 Å². The Labute approximate surface area is 111 Å². The van der Waals surface area contributed by atoms with Crippen molar-refractivity contribution in [2.24, 2.45) is 0 Å². The molecule has 2 rings (SSSR count). The van der Waals surface area contributed by atoms with Gasteiger partial charge in [-0.25, -0.2) is 0 Å². The van der Waals surface area contributed by atoms with Gasteiger partial charge in [0.05, 0.1) is 27.0 Å². The summed E-state index contributed by atoms with van der Waals surface area (Å²) in [7, 11) is 4.72. The molecule has 0 radical (unpaired) electrons. The molecule has 0 bridgehead atoms. The number of hydrogen-bond donors (Lipinski definition) is 1. The molecule has 0 unspecified atom stereocenters. The molecule has 0 aliphatic rings. The van der Waals surface area contributed by atoms with Crippen LogP contribution in [-0.4, -0.2) is 26.5 Å². The minimum atomic E-state index is 0.294. The standard InChI is InChI=1S/C13H16N2O4/c1-16-10-5-8(4-9-7-12(14)19-15-9)6-11(17-2)13(10)18-3/h5-7H,4,14H2,1-3H3. The Kier molecular flexibility index (Phi) is 3.79. The normalized spacial score (nSPS) is 10.3. The predicted octanol–water partition coefficient (Wildman–Crippen LogP) is 1.87. The number of aromatic nitrogens is 1. The van der Waals surface area contributed by atoms with Gasteiger partial charge in [0.1, 0.15) is 0 Å². The van der Waals surface area contributed by atoms with E-state index in [-0.39, 0.29) is 0 Å². The lowest BCUT2D eigenvalue weighted by Gasteiger charge is -2.13. The number of nitrogens with two attached hydrogens (primary N) is 1. The molecular formula is C13H16N2O4. The van der Waals surface area contributed by atoms with E-state index >= 15 is 0 Å². The molecule has 0 atom stereocenters. The third-order valence-electron chi connectivity index (χ3n) is 2.69. The van der Waals surface area contributed by atoms with Crippen LogP contribution in [0, 0.1) is 0 Å². The number of rotatable bonds is 5. The fourth-order valence-electron chi connectivity index (χ4n) is 1.86. The second-order valence-corrected chi connectivity index (χ2v) is 3.93. The van der Waals surface area contributed by atoms with Crippen LogP contribution in [0.4, 0.5) is 5.88 Å². The number of nitrogen functional groups attached to an aromatic ring is 1. The average Bonchev–Trinajstić information content (AvgIpc) is 2.82. The van der Waals surface area contributed by atoms with Crippen molar-refractivity contribution in [1.29, 1.82) is 0 Å². The zero-order valence-corrected chi connectivity index (χ0v) is 11.1. The number of anilines is 1. The van der Waals surface area contributed by atoms with E-state index in [2.05, 4.69) is 5.16 Å². The monoisotopic (exact) mass is 264 g/mol. The molecule has 102 valence electrons. The molecular weight excluding hydrogens is 248 g/mol. The lowest BCUT2D eigenvalue weighted by molar-refractivity contribution is 0.324. The number of nitrogens with zero attached hydrogens (tertiary/aromatic N) is 1. The molecule has 2 N–H and O–H groups in total. The van der Waals surface area contributed by atoms with E-state index in [9.17, 15) is 0 Å². The third kappa shape index (κ3) is 2.73. The molecule has 0 aliphatic carbocycles. The van der Waals surface area contributed by atoms with Gasteiger partial charge in [-0.15, -0.1) is 0 Å². The van der Waals surface area contributed by atoms with Crippen LogP contribution < -0.4 is 19.9 Å². The van der Waals surface area contributed by atoms with Gasteiger partial charge in [-0.3, -0.25) is 0 Å². The molecule has 6 nitrogen and oxygen atoms in total. The van der Waals surface area contributed by atoms with E-state index < -0.39 is 0 Å². The van der Waals surface area contributed by atoms with E-state index in [4.69, 9.17) is 24.5 Å². The van der Waals surface area contributed by atoms with Gasteiger partial charge in [0.25, 0.3) is 0 Å². The van der Waals surface area contributed by atoms with Crippen LogP contribution in [0.25, 0.3) is 0 Å². The third-order valence-corrected chi connectivity index (χ3v) is 2.69. The summed E-state index contributed by atoms with van der Waals surface area (Å²) in [5.74, 6) is 2.07. The first-order valence-corrected chi connectivity index (χ1v) is 5.68. The number of ether oxygens (including phenoxy) is 3. The Balaban J connectivity index is 2.35. The minimum Gasteiger partial charge on any atom is -0.493 e. The SMILES string of the molecule is COc1cc(Cc2cc(N)on2)cc(OC)c1OC. The lowest BCUT2D eigenvalue weighted by atomic mass is 10.1. The van der Waals surface area contributed by atoms with Gasteiger partial charge >= 0.3 is 0 Å². The van der Waals surface area contributed by atoms with Crippen molar-refractivity contribution in [3.63, 3.8) is 0 Å². The van der Waals surface area contributed by atoms with E-state index in [1.807, 2.05) is 12.1 Å². The van der Waals surface area contributed by atoms with Crippen molar-refractivity contribution in [2.75, 3.05) is 27.1 Å². The summed E-state index contributed by atoms with van der Waals surface area (Å²) in [5.41, 5.74) is 7.19. The predicted molar refractivity (Wildman–Crippen MR) is 69.8 cm³/mol. The summed E-state index contributed by atoms with van der Waals surface area (Å²) in [6.07, 6.45) is 0.567. The molecule has 1 heterocycles. The number of hydrogen-bond acceptors (Lipinski definition) is 6. The van der Waals surface area contributed by atoms with Gasteiger partial charge in [-0.2, -0.15) is 0 Å². The summed E-state index contributed by atoms with van der Waals surface area (Å²) >= 11 is 0. The second-order valence-electron chi connectivity index (χ2n) is 3.93. The van der Waals surface area contributed by atoms with Gasteiger partial charge in [0, 0.05) is 12.5 Å². The lowest BCUT2D eigenvalue weighted by Crippen LogP contribution is -1.97. The maximum atomic E-state index is 5.49. The molecule has 0 amide bonds. The fraction of sp³-hybridized carbons (Fsp3) is 0.308. The summed E-state index contributed by atoms with van der Waals surface area (Å²) in [4.78, 5) is 0. The maximum absolute atomic E-state index is 5.49. The van der Waals surface area contributed by atoms with Crippen molar-refractivity contribution >= 4 is 5.88 Å². The molecule has 0 fully saturated rings. The second kappa shape index (κ2) is 5.51. The Morgan fingerprint density at radius 2 is 1.68 bits per heavy atom. The zero-order chi connectivity index (χ0) is 13.8. The zero-order valence-electron chi connectivity index (χ0n) is 11.1. The van der Waals surface area contributed by atoms with Crippen molar-refractivity contribution in [3.8, 4) is 17.2 Å². The van der Waals surface area contributed by atoms with Crippen LogP contribution >= 0.6 is 0 Å². The highest BCUT2D eigenvalue weighted by molar-refractivity contribution is 5.54. The van der Waals surface area contributed by atoms with E-state index in [1.54, 1.807) is 27.4 Å². The van der Waals surface area contributed by atoms with E-state index in [0.717, 1.165) is 11.3 Å².